The van der Waals surface area contributed by atoms with Gasteiger partial charge in [0.1, 0.15) is 0 Å². The number of piperidine rings is 1. The summed E-state index contributed by atoms with van der Waals surface area (Å²) >= 11 is 0. The highest BCUT2D eigenvalue weighted by atomic mass is 35.5. The first kappa shape index (κ1) is 19.9. The van der Waals surface area contributed by atoms with Gasteiger partial charge in [0.15, 0.2) is 0 Å². The Kier molecular flexibility index (Phi) is 10.6. The van der Waals surface area contributed by atoms with Crippen LogP contribution in [0.4, 0.5) is 0 Å². The summed E-state index contributed by atoms with van der Waals surface area (Å²) in [6.45, 7) is 7.91. The number of morpholine rings is 1. The van der Waals surface area contributed by atoms with Gasteiger partial charge in [0.25, 0.3) is 0 Å². The molecule has 20 heavy (non-hydrogen) atoms. The fourth-order valence-corrected chi connectivity index (χ4v) is 2.64. The second-order valence-electron chi connectivity index (χ2n) is 5.18. The van der Waals surface area contributed by atoms with Crippen LogP contribution in [0.15, 0.2) is 0 Å². The van der Waals surface area contributed by atoms with Gasteiger partial charge in [0.05, 0.1) is 19.1 Å². The van der Waals surface area contributed by atoms with Crippen LogP contribution in [-0.2, 0) is 9.53 Å². The summed E-state index contributed by atoms with van der Waals surface area (Å²) in [7, 11) is 0. The number of hydrogen-bond acceptors (Lipinski definition) is 4. The molecule has 0 saturated carbocycles. The van der Waals surface area contributed by atoms with Gasteiger partial charge in [0, 0.05) is 32.2 Å². The molecule has 0 aromatic rings. The maximum atomic E-state index is 11.9. The Morgan fingerprint density at radius 3 is 2.60 bits per heavy atom. The fourth-order valence-electron chi connectivity index (χ4n) is 2.64. The van der Waals surface area contributed by atoms with E-state index in [1.54, 1.807) is 0 Å². The van der Waals surface area contributed by atoms with Gasteiger partial charge in [-0.05, 0) is 19.4 Å². The summed E-state index contributed by atoms with van der Waals surface area (Å²) < 4.78 is 5.54. The highest BCUT2D eigenvalue weighted by Crippen LogP contribution is 2.10. The summed E-state index contributed by atoms with van der Waals surface area (Å²) in [5, 5.41) is 6.38. The van der Waals surface area contributed by atoms with E-state index in [0.717, 1.165) is 45.6 Å². The van der Waals surface area contributed by atoms with Crippen molar-refractivity contribution in [1.82, 2.24) is 15.5 Å². The SMILES string of the molecule is CCN1CCC(NC(=O)CC2CNCCO2)CC1.Cl.Cl. The first-order valence-electron chi connectivity index (χ1n) is 7.12. The van der Waals surface area contributed by atoms with Crippen LogP contribution in [0.25, 0.3) is 0 Å². The lowest BCUT2D eigenvalue weighted by Gasteiger charge is -2.32. The molecule has 2 aliphatic heterocycles. The summed E-state index contributed by atoms with van der Waals surface area (Å²) in [6, 6.07) is 0.358. The second kappa shape index (κ2) is 10.6. The number of rotatable bonds is 4. The maximum Gasteiger partial charge on any atom is 0.222 e. The molecular formula is C13H27Cl2N3O2. The Morgan fingerprint density at radius 1 is 1.35 bits per heavy atom. The van der Waals surface area contributed by atoms with E-state index < -0.39 is 0 Å². The molecule has 2 N–H and O–H groups in total. The van der Waals surface area contributed by atoms with Crippen LogP contribution in [0.5, 0.6) is 0 Å². The Balaban J connectivity index is 0.00000180. The normalized spacial score (nSPS) is 24.4. The Labute approximate surface area is 134 Å². The third-order valence-electron chi connectivity index (χ3n) is 3.82. The summed E-state index contributed by atoms with van der Waals surface area (Å²) in [6.07, 6.45) is 2.68. The molecule has 1 unspecified atom stereocenters. The molecule has 0 radical (unpaired) electrons. The zero-order valence-electron chi connectivity index (χ0n) is 12.1. The van der Waals surface area contributed by atoms with Gasteiger partial charge in [-0.1, -0.05) is 6.92 Å². The minimum Gasteiger partial charge on any atom is -0.375 e. The van der Waals surface area contributed by atoms with Crippen molar-refractivity contribution in [3.8, 4) is 0 Å². The van der Waals surface area contributed by atoms with E-state index in [1.807, 2.05) is 0 Å². The van der Waals surface area contributed by atoms with E-state index in [2.05, 4.69) is 22.5 Å². The number of nitrogens with zero attached hydrogens (tertiary/aromatic N) is 1. The predicted octanol–water partition coefficient (Wildman–Crippen LogP) is 0.809. The van der Waals surface area contributed by atoms with Gasteiger partial charge in [-0.3, -0.25) is 4.79 Å². The molecule has 7 heteroatoms. The minimum atomic E-state index is 0. The number of halogens is 2. The molecule has 0 aliphatic carbocycles. The molecule has 0 bridgehead atoms. The molecule has 0 spiro atoms. The molecule has 5 nitrogen and oxygen atoms in total. The molecule has 2 saturated heterocycles. The first-order valence-corrected chi connectivity index (χ1v) is 7.12. The molecule has 2 rings (SSSR count). The molecule has 2 heterocycles. The molecule has 1 atom stereocenters. The lowest BCUT2D eigenvalue weighted by atomic mass is 10.0. The van der Waals surface area contributed by atoms with Crippen LogP contribution in [0, 0.1) is 0 Å². The zero-order valence-corrected chi connectivity index (χ0v) is 13.7. The number of nitrogens with one attached hydrogen (secondary N) is 2. The molecule has 2 aliphatic rings. The lowest BCUT2D eigenvalue weighted by Crippen LogP contribution is -2.47. The van der Waals surface area contributed by atoms with E-state index in [4.69, 9.17) is 4.74 Å². The summed E-state index contributed by atoms with van der Waals surface area (Å²) in [4.78, 5) is 14.3. The van der Waals surface area contributed by atoms with Crippen molar-refractivity contribution in [3.63, 3.8) is 0 Å². The average Bonchev–Trinajstić information content (AvgIpc) is 2.40. The van der Waals surface area contributed by atoms with Crippen molar-refractivity contribution in [2.45, 2.75) is 38.3 Å². The monoisotopic (exact) mass is 327 g/mol. The van der Waals surface area contributed by atoms with Gasteiger partial charge in [-0.15, -0.1) is 24.8 Å². The Hall–Kier alpha value is -0.0700. The van der Waals surface area contributed by atoms with Crippen molar-refractivity contribution in [1.29, 1.82) is 0 Å². The quantitative estimate of drug-likeness (QED) is 0.802. The van der Waals surface area contributed by atoms with Crippen molar-refractivity contribution < 1.29 is 9.53 Å². The van der Waals surface area contributed by atoms with Crippen LogP contribution in [-0.4, -0.2) is 62.3 Å². The number of hydrogen-bond donors (Lipinski definition) is 2. The van der Waals surface area contributed by atoms with E-state index in [1.165, 1.54) is 0 Å². The Bertz CT molecular complexity index is 268. The van der Waals surface area contributed by atoms with Crippen LogP contribution in [0.2, 0.25) is 0 Å². The second-order valence-corrected chi connectivity index (χ2v) is 5.18. The number of ether oxygens (including phenoxy) is 1. The highest BCUT2D eigenvalue weighted by Gasteiger charge is 2.22. The molecule has 0 aromatic heterocycles. The fraction of sp³-hybridized carbons (Fsp3) is 0.923. The van der Waals surface area contributed by atoms with E-state index >= 15 is 0 Å². The van der Waals surface area contributed by atoms with Crippen LogP contribution < -0.4 is 10.6 Å². The highest BCUT2D eigenvalue weighted by molar-refractivity contribution is 5.85. The van der Waals surface area contributed by atoms with Crippen molar-refractivity contribution in [2.75, 3.05) is 39.3 Å². The van der Waals surface area contributed by atoms with E-state index in [0.29, 0.717) is 19.1 Å². The predicted molar refractivity (Wildman–Crippen MR) is 85.0 cm³/mol. The largest absolute Gasteiger partial charge is 0.375 e. The van der Waals surface area contributed by atoms with E-state index in [-0.39, 0.29) is 36.8 Å². The molecule has 1 amide bonds. The van der Waals surface area contributed by atoms with Gasteiger partial charge >= 0.3 is 0 Å². The van der Waals surface area contributed by atoms with Gasteiger partial charge < -0.3 is 20.3 Å². The third-order valence-corrected chi connectivity index (χ3v) is 3.82. The molecular weight excluding hydrogens is 301 g/mol. The number of likely N-dealkylation sites (tertiary alicyclic amines) is 1. The number of carbonyl (C=O) groups is 1. The van der Waals surface area contributed by atoms with Gasteiger partial charge in [0.2, 0.25) is 5.91 Å². The summed E-state index contributed by atoms with van der Waals surface area (Å²) in [5.74, 6) is 0.138. The standard InChI is InChI=1S/C13H25N3O2.2ClH/c1-2-16-6-3-11(4-7-16)15-13(17)9-12-10-14-5-8-18-12;;/h11-12,14H,2-10H2,1H3,(H,15,17);2*1H. The Morgan fingerprint density at radius 2 is 2.05 bits per heavy atom. The van der Waals surface area contributed by atoms with Crippen LogP contribution in [0.3, 0.4) is 0 Å². The smallest absolute Gasteiger partial charge is 0.222 e. The van der Waals surface area contributed by atoms with Crippen molar-refractivity contribution in [2.24, 2.45) is 0 Å². The molecule has 120 valence electrons. The van der Waals surface area contributed by atoms with E-state index in [9.17, 15) is 4.79 Å². The first-order chi connectivity index (χ1) is 8.78. The van der Waals surface area contributed by atoms with Gasteiger partial charge in [-0.25, -0.2) is 0 Å². The zero-order chi connectivity index (χ0) is 12.8. The van der Waals surface area contributed by atoms with Crippen molar-refractivity contribution in [3.05, 3.63) is 0 Å². The average molecular weight is 328 g/mol. The van der Waals surface area contributed by atoms with Crippen molar-refractivity contribution >= 4 is 30.7 Å². The summed E-state index contributed by atoms with van der Waals surface area (Å²) in [5.41, 5.74) is 0. The minimum absolute atomic E-state index is 0. The molecule has 2 fully saturated rings. The molecule has 0 aromatic carbocycles. The topological polar surface area (TPSA) is 53.6 Å². The van der Waals surface area contributed by atoms with Crippen LogP contribution >= 0.6 is 24.8 Å². The van der Waals surface area contributed by atoms with Crippen LogP contribution in [0.1, 0.15) is 26.2 Å². The number of carbonyl (C=O) groups excluding carboxylic acids is 1. The third kappa shape index (κ3) is 6.59. The number of amides is 1. The lowest BCUT2D eigenvalue weighted by molar-refractivity contribution is -0.125. The maximum absolute atomic E-state index is 11.9. The van der Waals surface area contributed by atoms with Gasteiger partial charge in [-0.2, -0.15) is 0 Å².